The lowest BCUT2D eigenvalue weighted by Gasteiger charge is -2.09. The van der Waals surface area contributed by atoms with Crippen LogP contribution in [0, 0.1) is 5.82 Å². The van der Waals surface area contributed by atoms with Gasteiger partial charge in [0.1, 0.15) is 0 Å². The van der Waals surface area contributed by atoms with Crippen molar-refractivity contribution in [3.63, 3.8) is 0 Å². The normalized spacial score (nSPS) is 10.0. The Labute approximate surface area is 145 Å². The van der Waals surface area contributed by atoms with Crippen molar-refractivity contribution < 1.29 is 18.7 Å². The minimum Gasteiger partial charge on any atom is -0.494 e. The molecule has 25 heavy (non-hydrogen) atoms. The largest absolute Gasteiger partial charge is 0.494 e. The summed E-state index contributed by atoms with van der Waals surface area (Å²) in [7, 11) is 2.92. The van der Waals surface area contributed by atoms with Crippen molar-refractivity contribution in [2.45, 2.75) is 12.8 Å². The standard InChI is InChI=1S/C18H20FN3O3/c1-20-18(24)22-14-5-3-4-13(11-14)21-17(23)9-7-12-6-8-16(25-2)15(19)10-12/h3-6,8,10-11H,7,9H2,1-2H3,(H,21,23)(H2,20,22,24). The molecule has 0 aliphatic rings. The molecule has 0 fully saturated rings. The molecule has 0 saturated heterocycles. The Kier molecular flexibility index (Phi) is 6.33. The molecule has 2 aromatic carbocycles. The quantitative estimate of drug-likeness (QED) is 0.752. The number of ether oxygens (including phenoxy) is 1. The van der Waals surface area contributed by atoms with Gasteiger partial charge in [0.15, 0.2) is 11.6 Å². The summed E-state index contributed by atoms with van der Waals surface area (Å²) >= 11 is 0. The van der Waals surface area contributed by atoms with Crippen LogP contribution in [0.2, 0.25) is 0 Å². The molecule has 0 heterocycles. The molecule has 0 atom stereocenters. The Balaban J connectivity index is 1.91. The third-order valence-corrected chi connectivity index (χ3v) is 3.49. The number of carbonyl (C=O) groups excluding carboxylic acids is 2. The second-order valence-electron chi connectivity index (χ2n) is 5.30. The maximum atomic E-state index is 13.6. The maximum absolute atomic E-state index is 13.6. The van der Waals surface area contributed by atoms with Crippen LogP contribution in [-0.2, 0) is 11.2 Å². The van der Waals surface area contributed by atoms with E-state index in [1.165, 1.54) is 26.3 Å². The number of urea groups is 1. The highest BCUT2D eigenvalue weighted by molar-refractivity contribution is 5.93. The van der Waals surface area contributed by atoms with E-state index < -0.39 is 5.82 Å². The molecule has 0 aliphatic carbocycles. The molecule has 0 aliphatic heterocycles. The van der Waals surface area contributed by atoms with Crippen molar-refractivity contribution in [2.24, 2.45) is 0 Å². The third-order valence-electron chi connectivity index (χ3n) is 3.49. The van der Waals surface area contributed by atoms with Crippen LogP contribution in [0.3, 0.4) is 0 Å². The highest BCUT2D eigenvalue weighted by atomic mass is 19.1. The van der Waals surface area contributed by atoms with Gasteiger partial charge in [0, 0.05) is 24.8 Å². The lowest BCUT2D eigenvalue weighted by Crippen LogP contribution is -2.24. The van der Waals surface area contributed by atoms with Crippen LogP contribution in [0.4, 0.5) is 20.6 Å². The zero-order chi connectivity index (χ0) is 18.2. The van der Waals surface area contributed by atoms with Crippen LogP contribution in [0.15, 0.2) is 42.5 Å². The van der Waals surface area contributed by atoms with Gasteiger partial charge in [-0.2, -0.15) is 0 Å². The fraction of sp³-hybridized carbons (Fsp3) is 0.222. The number of amides is 3. The van der Waals surface area contributed by atoms with Gasteiger partial charge in [-0.3, -0.25) is 4.79 Å². The minimum absolute atomic E-state index is 0.175. The van der Waals surface area contributed by atoms with Gasteiger partial charge >= 0.3 is 6.03 Å². The van der Waals surface area contributed by atoms with E-state index >= 15 is 0 Å². The second kappa shape index (κ2) is 8.68. The summed E-state index contributed by atoms with van der Waals surface area (Å²) in [6, 6.07) is 11.1. The van der Waals surface area contributed by atoms with E-state index in [4.69, 9.17) is 4.74 Å². The number of methoxy groups -OCH3 is 1. The lowest BCUT2D eigenvalue weighted by atomic mass is 10.1. The van der Waals surface area contributed by atoms with Crippen LogP contribution >= 0.6 is 0 Å². The number of carbonyl (C=O) groups is 2. The maximum Gasteiger partial charge on any atom is 0.318 e. The van der Waals surface area contributed by atoms with Gasteiger partial charge in [-0.1, -0.05) is 12.1 Å². The molecular weight excluding hydrogens is 325 g/mol. The number of nitrogens with one attached hydrogen (secondary N) is 3. The van der Waals surface area contributed by atoms with Gasteiger partial charge in [0.05, 0.1) is 7.11 Å². The molecule has 0 aromatic heterocycles. The molecular formula is C18H20FN3O3. The molecule has 0 bridgehead atoms. The van der Waals surface area contributed by atoms with E-state index in [2.05, 4.69) is 16.0 Å². The zero-order valence-electron chi connectivity index (χ0n) is 14.1. The fourth-order valence-electron chi connectivity index (χ4n) is 2.22. The first-order chi connectivity index (χ1) is 12.0. The van der Waals surface area contributed by atoms with Crippen molar-refractivity contribution in [3.8, 4) is 5.75 Å². The van der Waals surface area contributed by atoms with Crippen molar-refractivity contribution in [1.82, 2.24) is 5.32 Å². The van der Waals surface area contributed by atoms with Crippen LogP contribution in [0.25, 0.3) is 0 Å². The predicted molar refractivity (Wildman–Crippen MR) is 94.4 cm³/mol. The molecule has 6 nitrogen and oxygen atoms in total. The highest BCUT2D eigenvalue weighted by Gasteiger charge is 2.07. The van der Waals surface area contributed by atoms with Gasteiger partial charge < -0.3 is 20.7 Å². The number of halogens is 1. The first-order valence-electron chi connectivity index (χ1n) is 7.73. The lowest BCUT2D eigenvalue weighted by molar-refractivity contribution is -0.116. The predicted octanol–water partition coefficient (Wildman–Crippen LogP) is 3.16. The van der Waals surface area contributed by atoms with Gasteiger partial charge in [0.2, 0.25) is 5.91 Å². The van der Waals surface area contributed by atoms with Gasteiger partial charge in [-0.25, -0.2) is 9.18 Å². The Morgan fingerprint density at radius 2 is 1.80 bits per heavy atom. The second-order valence-corrected chi connectivity index (χ2v) is 5.30. The summed E-state index contributed by atoms with van der Waals surface area (Å²) in [5, 5.41) is 7.83. The van der Waals surface area contributed by atoms with Gasteiger partial charge in [0.25, 0.3) is 0 Å². The van der Waals surface area contributed by atoms with Crippen LogP contribution in [0.1, 0.15) is 12.0 Å². The minimum atomic E-state index is -0.451. The number of hydrogen-bond donors (Lipinski definition) is 3. The van der Waals surface area contributed by atoms with E-state index in [1.807, 2.05) is 0 Å². The summed E-state index contributed by atoms with van der Waals surface area (Å²) in [6.45, 7) is 0. The van der Waals surface area contributed by atoms with Crippen molar-refractivity contribution in [3.05, 3.63) is 53.8 Å². The molecule has 3 amide bonds. The summed E-state index contributed by atoms with van der Waals surface area (Å²) in [6.07, 6.45) is 0.613. The molecule has 2 rings (SSSR count). The van der Waals surface area contributed by atoms with E-state index in [0.29, 0.717) is 23.4 Å². The average Bonchev–Trinajstić information content (AvgIpc) is 2.60. The van der Waals surface area contributed by atoms with Crippen molar-refractivity contribution in [1.29, 1.82) is 0 Å². The van der Waals surface area contributed by atoms with Crippen LogP contribution < -0.4 is 20.7 Å². The first kappa shape index (κ1) is 18.3. The Bertz CT molecular complexity index is 765. The summed E-state index contributed by atoms with van der Waals surface area (Å²) in [5.74, 6) is -0.477. The Morgan fingerprint density at radius 3 is 2.44 bits per heavy atom. The number of aryl methyl sites for hydroxylation is 1. The molecule has 2 aromatic rings. The van der Waals surface area contributed by atoms with Crippen LogP contribution in [0.5, 0.6) is 5.75 Å². The monoisotopic (exact) mass is 345 g/mol. The smallest absolute Gasteiger partial charge is 0.318 e. The molecule has 132 valence electrons. The third kappa shape index (κ3) is 5.49. The summed E-state index contributed by atoms with van der Waals surface area (Å²) in [5.41, 5.74) is 1.85. The summed E-state index contributed by atoms with van der Waals surface area (Å²) < 4.78 is 18.5. The van der Waals surface area contributed by atoms with E-state index in [0.717, 1.165) is 0 Å². The highest BCUT2D eigenvalue weighted by Crippen LogP contribution is 2.19. The topological polar surface area (TPSA) is 79.5 Å². The molecule has 7 heteroatoms. The van der Waals surface area contributed by atoms with Gasteiger partial charge in [-0.05, 0) is 42.3 Å². The van der Waals surface area contributed by atoms with Crippen LogP contribution in [-0.4, -0.2) is 26.1 Å². The number of benzene rings is 2. The number of hydrogen-bond acceptors (Lipinski definition) is 3. The van der Waals surface area contributed by atoms with Crippen molar-refractivity contribution >= 4 is 23.3 Å². The molecule has 0 spiro atoms. The Hall–Kier alpha value is -3.09. The molecule has 0 saturated carbocycles. The zero-order valence-corrected chi connectivity index (χ0v) is 14.1. The molecule has 3 N–H and O–H groups in total. The van der Waals surface area contributed by atoms with E-state index in [1.54, 1.807) is 30.3 Å². The average molecular weight is 345 g/mol. The SMILES string of the molecule is CNC(=O)Nc1cccc(NC(=O)CCc2ccc(OC)c(F)c2)c1. The van der Waals surface area contributed by atoms with Crippen molar-refractivity contribution in [2.75, 3.05) is 24.8 Å². The Morgan fingerprint density at radius 1 is 1.08 bits per heavy atom. The van der Waals surface area contributed by atoms with E-state index in [-0.39, 0.29) is 24.1 Å². The molecule has 0 radical (unpaired) electrons. The fourth-order valence-corrected chi connectivity index (χ4v) is 2.22. The first-order valence-corrected chi connectivity index (χ1v) is 7.73. The summed E-state index contributed by atoms with van der Waals surface area (Å²) in [4.78, 5) is 23.4. The number of anilines is 2. The molecule has 0 unspecified atom stereocenters. The van der Waals surface area contributed by atoms with Gasteiger partial charge in [-0.15, -0.1) is 0 Å². The number of rotatable bonds is 6. The van der Waals surface area contributed by atoms with E-state index in [9.17, 15) is 14.0 Å².